The van der Waals surface area contributed by atoms with Gasteiger partial charge in [0.2, 0.25) is 23.6 Å². The summed E-state index contributed by atoms with van der Waals surface area (Å²) in [7, 11) is 0. The highest BCUT2D eigenvalue weighted by Crippen LogP contribution is 2.57. The number of hydrogen-bond donors (Lipinski definition) is 1. The molecule has 0 unspecified atom stereocenters. The van der Waals surface area contributed by atoms with Gasteiger partial charge in [0.05, 0.1) is 23.7 Å². The molecule has 0 bridgehead atoms. The molecular weight excluding hydrogens is 396 g/mol. The van der Waals surface area contributed by atoms with Crippen LogP contribution in [0.25, 0.3) is 0 Å². The van der Waals surface area contributed by atoms with E-state index in [0.29, 0.717) is 25.9 Å². The Morgan fingerprint density at radius 2 is 1.39 bits per heavy atom. The lowest BCUT2D eigenvalue weighted by Gasteiger charge is -2.44. The highest BCUT2D eigenvalue weighted by molar-refractivity contribution is 6.07. The van der Waals surface area contributed by atoms with Crippen molar-refractivity contribution in [3.8, 4) is 5.75 Å². The summed E-state index contributed by atoms with van der Waals surface area (Å²) in [6, 6.07) is 6.75. The molecule has 0 spiro atoms. The minimum absolute atomic E-state index is 0.125. The van der Waals surface area contributed by atoms with E-state index in [9.17, 15) is 24.3 Å². The van der Waals surface area contributed by atoms with Crippen LogP contribution in [-0.4, -0.2) is 51.6 Å². The van der Waals surface area contributed by atoms with Crippen molar-refractivity contribution in [2.45, 2.75) is 32.6 Å². The van der Waals surface area contributed by atoms with E-state index < -0.39 is 17.8 Å². The molecule has 1 aromatic rings. The van der Waals surface area contributed by atoms with Gasteiger partial charge in [-0.05, 0) is 50.3 Å². The molecule has 6 atom stereocenters. The summed E-state index contributed by atoms with van der Waals surface area (Å²) in [5.74, 6) is -2.91. The number of allylic oxidation sites excluding steroid dienone is 2. The first-order valence-corrected chi connectivity index (χ1v) is 11.1. The number of rotatable bonds is 3. The Morgan fingerprint density at radius 3 is 2.00 bits per heavy atom. The van der Waals surface area contributed by atoms with Gasteiger partial charge in [0.1, 0.15) is 5.75 Å². The van der Waals surface area contributed by atoms with Crippen molar-refractivity contribution in [3.05, 3.63) is 41.5 Å². The van der Waals surface area contributed by atoms with Crippen molar-refractivity contribution in [2.75, 3.05) is 13.1 Å². The second-order valence-electron chi connectivity index (χ2n) is 8.96. The zero-order valence-electron chi connectivity index (χ0n) is 17.7. The molecule has 5 rings (SSSR count). The summed E-state index contributed by atoms with van der Waals surface area (Å²) in [5, 5.41) is 9.76. The van der Waals surface area contributed by atoms with Gasteiger partial charge in [-0.3, -0.25) is 29.0 Å². The van der Waals surface area contributed by atoms with Crippen LogP contribution < -0.4 is 0 Å². The largest absolute Gasteiger partial charge is 0.508 e. The predicted molar refractivity (Wildman–Crippen MR) is 110 cm³/mol. The summed E-state index contributed by atoms with van der Waals surface area (Å²) in [6.45, 7) is 4.27. The summed E-state index contributed by atoms with van der Waals surface area (Å²) in [5.41, 5.74) is 1.84. The Bertz CT molecular complexity index is 1010. The van der Waals surface area contributed by atoms with Crippen molar-refractivity contribution < 1.29 is 24.3 Å². The average molecular weight is 422 g/mol. The number of fused-ring (bicyclic) bond motifs is 4. The minimum Gasteiger partial charge on any atom is -0.508 e. The van der Waals surface area contributed by atoms with E-state index in [4.69, 9.17) is 0 Å². The standard InChI is InChI=1S/C24H26N2O5/c1-3-25-21(28)15-10-9-14-16(19(15)23(25)30)11-17-20(24(31)26(4-2)22(17)29)18(14)12-5-7-13(27)8-6-12/h5-9,15-20,27H,3-4,10-11H2,1-2H3/t15-,16+,17+,18-,19-,20+/m0/s1. The molecule has 0 aromatic heterocycles. The number of carbonyl (C=O) groups excluding carboxylic acids is 4. The van der Waals surface area contributed by atoms with Gasteiger partial charge < -0.3 is 5.11 Å². The fourth-order valence-electron chi connectivity index (χ4n) is 6.40. The summed E-state index contributed by atoms with van der Waals surface area (Å²) < 4.78 is 0. The topological polar surface area (TPSA) is 95.0 Å². The number of benzene rings is 1. The first-order chi connectivity index (χ1) is 14.9. The van der Waals surface area contributed by atoms with Crippen molar-refractivity contribution in [1.29, 1.82) is 0 Å². The van der Waals surface area contributed by atoms with Crippen molar-refractivity contribution in [2.24, 2.45) is 29.6 Å². The van der Waals surface area contributed by atoms with E-state index in [1.807, 2.05) is 6.08 Å². The van der Waals surface area contributed by atoms with E-state index >= 15 is 0 Å². The molecule has 2 heterocycles. The highest BCUT2D eigenvalue weighted by atomic mass is 16.3. The minimum atomic E-state index is -0.509. The van der Waals surface area contributed by atoms with Crippen molar-refractivity contribution >= 4 is 23.6 Å². The third kappa shape index (κ3) is 2.65. The summed E-state index contributed by atoms with van der Waals surface area (Å²) >= 11 is 0. The lowest BCUT2D eigenvalue weighted by molar-refractivity contribution is -0.141. The number of likely N-dealkylation sites (tertiary alicyclic amines) is 2. The van der Waals surface area contributed by atoms with Gasteiger partial charge in [-0.1, -0.05) is 23.8 Å². The maximum absolute atomic E-state index is 13.2. The maximum Gasteiger partial charge on any atom is 0.234 e. The lowest BCUT2D eigenvalue weighted by atomic mass is 9.57. The second kappa shape index (κ2) is 7.04. The van der Waals surface area contributed by atoms with E-state index in [0.717, 1.165) is 11.1 Å². The van der Waals surface area contributed by atoms with Gasteiger partial charge in [-0.2, -0.15) is 0 Å². The Kier molecular flexibility index (Phi) is 4.53. The van der Waals surface area contributed by atoms with Gasteiger partial charge in [-0.15, -0.1) is 0 Å². The van der Waals surface area contributed by atoms with Gasteiger partial charge in [0, 0.05) is 19.0 Å². The van der Waals surface area contributed by atoms with Crippen LogP contribution in [0.15, 0.2) is 35.9 Å². The number of phenolic OH excluding ortho intramolecular Hbond substituents is 1. The third-order valence-corrected chi connectivity index (χ3v) is 7.72. The summed E-state index contributed by atoms with van der Waals surface area (Å²) in [6.07, 6.45) is 2.93. The van der Waals surface area contributed by atoms with Crippen LogP contribution in [0.4, 0.5) is 0 Å². The fourth-order valence-corrected chi connectivity index (χ4v) is 6.40. The van der Waals surface area contributed by atoms with E-state index in [1.165, 1.54) is 9.80 Å². The molecule has 3 fully saturated rings. The number of carbonyl (C=O) groups is 4. The number of aromatic hydroxyl groups is 1. The molecule has 2 saturated heterocycles. The molecular formula is C24H26N2O5. The van der Waals surface area contributed by atoms with E-state index in [2.05, 4.69) is 0 Å². The van der Waals surface area contributed by atoms with Crippen molar-refractivity contribution in [1.82, 2.24) is 9.80 Å². The predicted octanol–water partition coefficient (Wildman–Crippen LogP) is 2.07. The maximum atomic E-state index is 13.2. The molecule has 4 aliphatic rings. The fraction of sp³-hybridized carbons (Fsp3) is 0.500. The summed E-state index contributed by atoms with van der Waals surface area (Å²) in [4.78, 5) is 55.0. The van der Waals surface area contributed by atoms with E-state index in [1.54, 1.807) is 38.1 Å². The van der Waals surface area contributed by atoms with Crippen LogP contribution in [0.1, 0.15) is 38.2 Å². The Morgan fingerprint density at radius 1 is 0.806 bits per heavy atom. The van der Waals surface area contributed by atoms with Crippen LogP contribution in [-0.2, 0) is 19.2 Å². The smallest absolute Gasteiger partial charge is 0.234 e. The number of amides is 4. The Balaban J connectivity index is 1.64. The van der Waals surface area contributed by atoms with Crippen LogP contribution >= 0.6 is 0 Å². The molecule has 4 amide bonds. The van der Waals surface area contributed by atoms with E-state index in [-0.39, 0.29) is 47.1 Å². The monoisotopic (exact) mass is 422 g/mol. The van der Waals surface area contributed by atoms with Crippen LogP contribution in [0.3, 0.4) is 0 Å². The highest BCUT2D eigenvalue weighted by Gasteiger charge is 2.61. The SMILES string of the molecule is CCN1C(=O)[C@H]2[C@H](CC=C3[C@H]2C[C@H]2C(=O)N(CC)C(=O)[C@H]2[C@H]3c2ccc(O)cc2)C1=O. The molecule has 31 heavy (non-hydrogen) atoms. The molecule has 2 aliphatic heterocycles. The number of hydrogen-bond acceptors (Lipinski definition) is 5. The van der Waals surface area contributed by atoms with Gasteiger partial charge >= 0.3 is 0 Å². The van der Waals surface area contributed by atoms with Crippen LogP contribution in [0.5, 0.6) is 5.75 Å². The van der Waals surface area contributed by atoms with Crippen LogP contribution in [0.2, 0.25) is 0 Å². The van der Waals surface area contributed by atoms with Gasteiger partial charge in [0.25, 0.3) is 0 Å². The molecule has 0 radical (unpaired) electrons. The molecule has 1 N–H and O–H groups in total. The number of nitrogens with zero attached hydrogens (tertiary/aromatic N) is 2. The molecule has 162 valence electrons. The van der Waals surface area contributed by atoms with Crippen molar-refractivity contribution in [3.63, 3.8) is 0 Å². The Hall–Kier alpha value is -2.96. The Labute approximate surface area is 180 Å². The quantitative estimate of drug-likeness (QED) is 0.594. The van der Waals surface area contributed by atoms with Gasteiger partial charge in [0.15, 0.2) is 0 Å². The zero-order chi connectivity index (χ0) is 22.0. The lowest BCUT2D eigenvalue weighted by Crippen LogP contribution is -2.43. The third-order valence-electron chi connectivity index (χ3n) is 7.72. The molecule has 7 nitrogen and oxygen atoms in total. The molecule has 7 heteroatoms. The first kappa shape index (κ1) is 20.0. The van der Waals surface area contributed by atoms with Crippen LogP contribution in [0, 0.1) is 29.6 Å². The normalized spacial score (nSPS) is 34.6. The first-order valence-electron chi connectivity index (χ1n) is 11.1. The van der Waals surface area contributed by atoms with Gasteiger partial charge in [-0.25, -0.2) is 0 Å². The number of imide groups is 2. The zero-order valence-corrected chi connectivity index (χ0v) is 17.7. The second-order valence-corrected chi connectivity index (χ2v) is 8.96. The molecule has 1 aromatic carbocycles. The average Bonchev–Trinajstić information content (AvgIpc) is 3.16. The molecule has 2 aliphatic carbocycles. The molecule has 1 saturated carbocycles. The number of phenols is 1.